The summed E-state index contributed by atoms with van der Waals surface area (Å²) in [6.45, 7) is 3.64. The molecule has 4 heteroatoms. The molecular weight excluding hydrogens is 154 g/mol. The number of hydrogen-bond donors (Lipinski definition) is 0. The van der Waals surface area contributed by atoms with Gasteiger partial charge in [0.15, 0.2) is 0 Å². The van der Waals surface area contributed by atoms with Crippen molar-refractivity contribution in [1.82, 2.24) is 5.01 Å². The van der Waals surface area contributed by atoms with Crippen LogP contribution < -0.4 is 0 Å². The van der Waals surface area contributed by atoms with Gasteiger partial charge in [-0.1, -0.05) is 0 Å². The normalized spacial score (nSPS) is 18.9. The van der Waals surface area contributed by atoms with Gasteiger partial charge in [-0.25, -0.2) is 5.01 Å². The second-order valence-electron chi connectivity index (χ2n) is 2.96. The number of nitrogens with zero attached hydrogens (tertiary/aromatic N) is 3. The molecule has 0 aromatic heterocycles. The molecule has 0 aromatic carbocycles. The van der Waals surface area contributed by atoms with Crippen molar-refractivity contribution in [2.24, 2.45) is 5.10 Å². The van der Waals surface area contributed by atoms with E-state index in [0.29, 0.717) is 12.8 Å². The van der Waals surface area contributed by atoms with Gasteiger partial charge in [0.25, 0.3) is 0 Å². The quantitative estimate of drug-likeness (QED) is 0.610. The average Bonchev–Trinajstić information content (AvgIpc) is 2.30. The maximum Gasteiger partial charge on any atom is 0.248 e. The lowest BCUT2D eigenvalue weighted by Gasteiger charge is -2.17. The van der Waals surface area contributed by atoms with Crippen LogP contribution >= 0.6 is 0 Å². The van der Waals surface area contributed by atoms with Gasteiger partial charge < -0.3 is 0 Å². The van der Waals surface area contributed by atoms with Crippen LogP contribution in [0.3, 0.4) is 0 Å². The van der Waals surface area contributed by atoms with E-state index in [1.54, 1.807) is 0 Å². The molecular formula is C8H11N3O. The van der Waals surface area contributed by atoms with Crippen LogP contribution in [0.25, 0.3) is 0 Å². The van der Waals surface area contributed by atoms with Crippen LogP contribution in [0.15, 0.2) is 5.10 Å². The third kappa shape index (κ3) is 1.62. The Balaban J connectivity index is 2.64. The van der Waals surface area contributed by atoms with Gasteiger partial charge >= 0.3 is 0 Å². The number of carbonyl (C=O) groups is 1. The first-order valence-corrected chi connectivity index (χ1v) is 3.88. The van der Waals surface area contributed by atoms with Gasteiger partial charge in [0.2, 0.25) is 5.91 Å². The second kappa shape index (κ2) is 3.35. The topological polar surface area (TPSA) is 56.5 Å². The van der Waals surface area contributed by atoms with Crippen molar-refractivity contribution < 1.29 is 4.79 Å². The van der Waals surface area contributed by atoms with Crippen molar-refractivity contribution in [3.05, 3.63) is 0 Å². The standard InChI is InChI=1S/C8H11N3O/c1-6-5-8(12)11(10-6)7(2)3-4-9/h7H,3,5H2,1-2H3. The zero-order chi connectivity index (χ0) is 9.14. The fourth-order valence-electron chi connectivity index (χ4n) is 1.14. The van der Waals surface area contributed by atoms with E-state index in [-0.39, 0.29) is 11.9 Å². The van der Waals surface area contributed by atoms with Crippen molar-refractivity contribution in [2.75, 3.05) is 0 Å². The molecule has 0 aliphatic carbocycles. The van der Waals surface area contributed by atoms with E-state index in [1.165, 1.54) is 5.01 Å². The van der Waals surface area contributed by atoms with Crippen LogP contribution in [0.4, 0.5) is 0 Å². The zero-order valence-corrected chi connectivity index (χ0v) is 7.24. The molecule has 0 spiro atoms. The van der Waals surface area contributed by atoms with Gasteiger partial charge in [-0.05, 0) is 13.8 Å². The summed E-state index contributed by atoms with van der Waals surface area (Å²) in [5.41, 5.74) is 0.824. The molecule has 1 rings (SSSR count). The van der Waals surface area contributed by atoms with Gasteiger partial charge in [0, 0.05) is 5.71 Å². The van der Waals surface area contributed by atoms with E-state index in [1.807, 2.05) is 19.9 Å². The summed E-state index contributed by atoms with van der Waals surface area (Å²) in [5.74, 6) is -0.00440. The maximum absolute atomic E-state index is 11.2. The Kier molecular flexibility index (Phi) is 2.44. The lowest BCUT2D eigenvalue weighted by Crippen LogP contribution is -2.30. The number of amides is 1. The van der Waals surface area contributed by atoms with E-state index in [9.17, 15) is 4.79 Å². The van der Waals surface area contributed by atoms with Crippen LogP contribution in [0.5, 0.6) is 0 Å². The summed E-state index contributed by atoms with van der Waals surface area (Å²) in [5, 5.41) is 13.9. The Morgan fingerprint density at radius 1 is 1.83 bits per heavy atom. The van der Waals surface area contributed by atoms with Gasteiger partial charge in [0.05, 0.1) is 25.0 Å². The van der Waals surface area contributed by atoms with Crippen molar-refractivity contribution in [3.63, 3.8) is 0 Å². The lowest BCUT2D eigenvalue weighted by molar-refractivity contribution is -0.130. The fraction of sp³-hybridized carbons (Fsp3) is 0.625. The highest BCUT2D eigenvalue weighted by atomic mass is 16.2. The molecule has 1 heterocycles. The first-order valence-electron chi connectivity index (χ1n) is 3.88. The SMILES string of the molecule is CC1=NN(C(C)CC#N)C(=O)C1. The fourth-order valence-corrected chi connectivity index (χ4v) is 1.14. The van der Waals surface area contributed by atoms with Crippen LogP contribution in [0, 0.1) is 11.3 Å². The molecule has 1 amide bonds. The molecule has 4 nitrogen and oxygen atoms in total. The maximum atomic E-state index is 11.2. The first kappa shape index (κ1) is 8.72. The van der Waals surface area contributed by atoms with Crippen LogP contribution in [-0.4, -0.2) is 22.7 Å². The molecule has 1 atom stereocenters. The summed E-state index contributed by atoms with van der Waals surface area (Å²) < 4.78 is 0. The second-order valence-corrected chi connectivity index (χ2v) is 2.96. The minimum absolute atomic E-state index is 0.00440. The lowest BCUT2D eigenvalue weighted by atomic mass is 10.2. The highest BCUT2D eigenvalue weighted by molar-refractivity contribution is 6.03. The summed E-state index contributed by atoms with van der Waals surface area (Å²) in [4.78, 5) is 11.2. The average molecular weight is 165 g/mol. The van der Waals surface area contributed by atoms with E-state index < -0.39 is 0 Å². The summed E-state index contributed by atoms with van der Waals surface area (Å²) in [6, 6.07) is 1.92. The zero-order valence-electron chi connectivity index (χ0n) is 7.24. The predicted molar refractivity (Wildman–Crippen MR) is 44.3 cm³/mol. The van der Waals surface area contributed by atoms with Gasteiger partial charge in [-0.3, -0.25) is 4.79 Å². The Bertz CT molecular complexity index is 264. The van der Waals surface area contributed by atoms with Crippen LogP contribution in [0.2, 0.25) is 0 Å². The number of hydrogen-bond acceptors (Lipinski definition) is 3. The molecule has 0 radical (unpaired) electrons. The monoisotopic (exact) mass is 165 g/mol. The molecule has 0 fully saturated rings. The molecule has 0 saturated carbocycles. The Morgan fingerprint density at radius 3 is 2.92 bits per heavy atom. The molecule has 1 unspecified atom stereocenters. The summed E-state index contributed by atoms with van der Waals surface area (Å²) in [7, 11) is 0. The summed E-state index contributed by atoms with van der Waals surface area (Å²) >= 11 is 0. The molecule has 12 heavy (non-hydrogen) atoms. The Morgan fingerprint density at radius 2 is 2.50 bits per heavy atom. The third-order valence-corrected chi connectivity index (χ3v) is 1.75. The summed E-state index contributed by atoms with van der Waals surface area (Å²) in [6.07, 6.45) is 0.734. The van der Waals surface area contributed by atoms with Crippen molar-refractivity contribution in [3.8, 4) is 6.07 Å². The minimum Gasteiger partial charge on any atom is -0.273 e. The highest BCUT2D eigenvalue weighted by Crippen LogP contribution is 2.13. The molecule has 1 aliphatic rings. The Labute approximate surface area is 71.5 Å². The minimum atomic E-state index is -0.0973. The molecule has 0 saturated heterocycles. The number of hydrazone groups is 1. The number of carbonyl (C=O) groups excluding carboxylic acids is 1. The van der Waals surface area contributed by atoms with E-state index in [4.69, 9.17) is 5.26 Å². The molecule has 0 N–H and O–H groups in total. The number of nitriles is 1. The molecule has 0 bridgehead atoms. The molecule has 0 aromatic rings. The van der Waals surface area contributed by atoms with E-state index in [0.717, 1.165) is 5.71 Å². The van der Waals surface area contributed by atoms with Crippen LogP contribution in [-0.2, 0) is 4.79 Å². The smallest absolute Gasteiger partial charge is 0.248 e. The molecule has 64 valence electrons. The third-order valence-electron chi connectivity index (χ3n) is 1.75. The van der Waals surface area contributed by atoms with E-state index in [2.05, 4.69) is 5.10 Å². The number of rotatable bonds is 2. The van der Waals surface area contributed by atoms with Crippen molar-refractivity contribution >= 4 is 11.6 Å². The Hall–Kier alpha value is -1.37. The van der Waals surface area contributed by atoms with Gasteiger partial charge in [0.1, 0.15) is 0 Å². The first-order chi connectivity index (χ1) is 5.65. The van der Waals surface area contributed by atoms with Crippen molar-refractivity contribution in [2.45, 2.75) is 32.7 Å². The van der Waals surface area contributed by atoms with Gasteiger partial charge in [-0.2, -0.15) is 10.4 Å². The van der Waals surface area contributed by atoms with Gasteiger partial charge in [-0.15, -0.1) is 0 Å². The van der Waals surface area contributed by atoms with Crippen LogP contribution in [0.1, 0.15) is 26.7 Å². The van der Waals surface area contributed by atoms with E-state index >= 15 is 0 Å². The highest BCUT2D eigenvalue weighted by Gasteiger charge is 2.25. The predicted octanol–water partition coefficient (Wildman–Crippen LogP) is 0.897. The molecule has 1 aliphatic heterocycles. The largest absolute Gasteiger partial charge is 0.273 e. The van der Waals surface area contributed by atoms with Crippen molar-refractivity contribution in [1.29, 1.82) is 5.26 Å².